The minimum absolute atomic E-state index is 0.0911. The minimum atomic E-state index is -3.52. The van der Waals surface area contributed by atoms with E-state index in [1.807, 2.05) is 36.4 Å². The first kappa shape index (κ1) is 18.6. The average molecular weight is 372 g/mol. The molecule has 1 amide bonds. The molecule has 0 saturated heterocycles. The quantitative estimate of drug-likeness (QED) is 0.878. The molecule has 0 aliphatic heterocycles. The Hall–Kier alpha value is -2.18. The average Bonchev–Trinajstić information content (AvgIpc) is 2.62. The molecule has 5 nitrogen and oxygen atoms in total. The van der Waals surface area contributed by atoms with Gasteiger partial charge in [-0.3, -0.25) is 4.79 Å². The number of rotatable bonds is 5. The Morgan fingerprint density at radius 1 is 1.12 bits per heavy atom. The highest BCUT2D eigenvalue weighted by Gasteiger charge is 2.32. The van der Waals surface area contributed by atoms with Gasteiger partial charge >= 0.3 is 0 Å². The van der Waals surface area contributed by atoms with Crippen molar-refractivity contribution in [2.24, 2.45) is 0 Å². The van der Waals surface area contributed by atoms with E-state index >= 15 is 0 Å². The fraction of sp³-hybridized carbons (Fsp3) is 0.350. The molecule has 0 heterocycles. The maximum Gasteiger partial charge on any atom is 0.243 e. The lowest BCUT2D eigenvalue weighted by atomic mass is 9.87. The highest BCUT2D eigenvalue weighted by atomic mass is 32.2. The Balaban J connectivity index is 1.90. The number of amides is 1. The van der Waals surface area contributed by atoms with E-state index in [4.69, 9.17) is 0 Å². The summed E-state index contributed by atoms with van der Waals surface area (Å²) in [5.41, 5.74) is 3.03. The van der Waals surface area contributed by atoms with E-state index in [0.29, 0.717) is 5.56 Å². The van der Waals surface area contributed by atoms with Crippen LogP contribution in [0, 0.1) is 0 Å². The fourth-order valence-corrected chi connectivity index (χ4v) is 4.11. The number of benzene rings is 2. The van der Waals surface area contributed by atoms with Crippen LogP contribution in [0.25, 0.3) is 0 Å². The van der Waals surface area contributed by atoms with Gasteiger partial charge in [0.05, 0.1) is 12.3 Å². The predicted octanol–water partition coefficient (Wildman–Crippen LogP) is 2.81. The highest BCUT2D eigenvalue weighted by Crippen LogP contribution is 2.31. The van der Waals surface area contributed by atoms with Crippen LogP contribution in [0.2, 0.25) is 0 Å². The van der Waals surface area contributed by atoms with Crippen LogP contribution in [0.5, 0.6) is 0 Å². The van der Waals surface area contributed by atoms with Gasteiger partial charge < -0.3 is 5.32 Å². The molecule has 0 spiro atoms. The zero-order valence-corrected chi connectivity index (χ0v) is 15.9. The number of likely N-dealkylation sites (N-methyl/N-ethyl adjacent to an activating group) is 1. The third kappa shape index (κ3) is 3.97. The molecule has 0 bridgehead atoms. The van der Waals surface area contributed by atoms with Crippen LogP contribution in [-0.4, -0.2) is 31.9 Å². The number of hydrogen-bond acceptors (Lipinski definition) is 3. The number of carbonyl (C=O) groups is 1. The van der Waals surface area contributed by atoms with Gasteiger partial charge in [-0.25, -0.2) is 8.42 Å². The highest BCUT2D eigenvalue weighted by molar-refractivity contribution is 7.88. The monoisotopic (exact) mass is 372 g/mol. The number of sulfonamides is 1. The lowest BCUT2D eigenvalue weighted by molar-refractivity contribution is -0.125. The summed E-state index contributed by atoms with van der Waals surface area (Å²) in [6, 6.07) is 16.1. The molecule has 1 N–H and O–H groups in total. The van der Waals surface area contributed by atoms with E-state index in [9.17, 15) is 13.2 Å². The van der Waals surface area contributed by atoms with Gasteiger partial charge in [0, 0.05) is 7.05 Å². The van der Waals surface area contributed by atoms with Crippen LogP contribution in [0.1, 0.15) is 41.6 Å². The van der Waals surface area contributed by atoms with Crippen LogP contribution in [0.3, 0.4) is 0 Å². The van der Waals surface area contributed by atoms with Crippen LogP contribution in [0.4, 0.5) is 0 Å². The molecule has 1 aliphatic rings. The van der Waals surface area contributed by atoms with Crippen LogP contribution < -0.4 is 5.32 Å². The zero-order valence-electron chi connectivity index (χ0n) is 15.1. The topological polar surface area (TPSA) is 66.5 Å². The SMILES string of the molecule is CN([C@H](C(=O)N[C@H]1CCCc2ccccc21)c1ccccc1)S(C)(=O)=O. The molecule has 26 heavy (non-hydrogen) atoms. The molecule has 2 atom stereocenters. The Kier molecular flexibility index (Phi) is 5.44. The lowest BCUT2D eigenvalue weighted by Gasteiger charge is -2.31. The fourth-order valence-electron chi connectivity index (χ4n) is 3.51. The van der Waals surface area contributed by atoms with Crippen molar-refractivity contribution in [2.75, 3.05) is 13.3 Å². The van der Waals surface area contributed by atoms with Crippen molar-refractivity contribution in [1.82, 2.24) is 9.62 Å². The van der Waals surface area contributed by atoms with Crippen molar-refractivity contribution in [1.29, 1.82) is 0 Å². The van der Waals surface area contributed by atoms with E-state index in [1.165, 1.54) is 12.6 Å². The second-order valence-corrected chi connectivity index (χ2v) is 8.79. The maximum atomic E-state index is 13.1. The summed E-state index contributed by atoms with van der Waals surface area (Å²) in [6.45, 7) is 0. The van der Waals surface area contributed by atoms with E-state index in [2.05, 4.69) is 11.4 Å². The van der Waals surface area contributed by atoms with Gasteiger partial charge in [0.1, 0.15) is 6.04 Å². The van der Waals surface area contributed by atoms with Crippen molar-refractivity contribution in [2.45, 2.75) is 31.3 Å². The number of fused-ring (bicyclic) bond motifs is 1. The second-order valence-electron chi connectivity index (χ2n) is 6.74. The minimum Gasteiger partial charge on any atom is -0.348 e. The number of nitrogens with zero attached hydrogens (tertiary/aromatic N) is 1. The van der Waals surface area contributed by atoms with Gasteiger partial charge in [-0.05, 0) is 36.0 Å². The largest absolute Gasteiger partial charge is 0.348 e. The summed E-state index contributed by atoms with van der Waals surface area (Å²) in [5, 5.41) is 3.08. The molecule has 3 rings (SSSR count). The molecule has 0 aromatic heterocycles. The molecule has 138 valence electrons. The smallest absolute Gasteiger partial charge is 0.243 e. The molecule has 0 unspecified atom stereocenters. The van der Waals surface area contributed by atoms with Crippen molar-refractivity contribution in [3.8, 4) is 0 Å². The zero-order chi connectivity index (χ0) is 18.7. The summed E-state index contributed by atoms with van der Waals surface area (Å²) in [6.07, 6.45) is 3.98. The third-order valence-corrected chi connectivity index (χ3v) is 6.19. The molecular formula is C20H24N2O3S. The Morgan fingerprint density at radius 2 is 1.77 bits per heavy atom. The molecule has 1 aliphatic carbocycles. The van der Waals surface area contributed by atoms with Crippen molar-refractivity contribution < 1.29 is 13.2 Å². The molecule has 6 heteroatoms. The molecule has 0 radical (unpaired) electrons. The van der Waals surface area contributed by atoms with Gasteiger partial charge in [0.2, 0.25) is 15.9 Å². The Labute approximate surface area is 155 Å². The van der Waals surface area contributed by atoms with Crippen LogP contribution in [0.15, 0.2) is 54.6 Å². The molecule has 2 aromatic carbocycles. The summed E-state index contributed by atoms with van der Waals surface area (Å²) in [5.74, 6) is -0.300. The number of hydrogen-bond donors (Lipinski definition) is 1. The summed E-state index contributed by atoms with van der Waals surface area (Å²) < 4.78 is 25.3. The van der Waals surface area contributed by atoms with Crippen molar-refractivity contribution in [3.05, 3.63) is 71.3 Å². The van der Waals surface area contributed by atoms with Gasteiger partial charge in [-0.1, -0.05) is 54.6 Å². The van der Waals surface area contributed by atoms with Crippen LogP contribution >= 0.6 is 0 Å². The molecular weight excluding hydrogens is 348 g/mol. The number of aryl methyl sites for hydroxylation is 1. The Morgan fingerprint density at radius 3 is 2.46 bits per heavy atom. The standard InChI is InChI=1S/C20H24N2O3S/c1-22(26(2,24)25)19(16-10-4-3-5-11-16)20(23)21-18-14-8-12-15-9-6-7-13-17(15)18/h3-7,9-11,13,18-19H,8,12,14H2,1-2H3,(H,21,23)/t18-,19-/m0/s1. The number of carbonyl (C=O) groups excluding carboxylic acids is 1. The third-order valence-electron chi connectivity index (χ3n) is 4.94. The summed E-state index contributed by atoms with van der Waals surface area (Å²) >= 11 is 0. The van der Waals surface area contributed by atoms with Crippen LogP contribution in [-0.2, 0) is 21.2 Å². The first-order valence-electron chi connectivity index (χ1n) is 8.74. The maximum absolute atomic E-state index is 13.1. The number of nitrogens with one attached hydrogen (secondary N) is 1. The van der Waals surface area contributed by atoms with Crippen molar-refractivity contribution >= 4 is 15.9 Å². The lowest BCUT2D eigenvalue weighted by Crippen LogP contribution is -2.43. The second kappa shape index (κ2) is 7.60. The van der Waals surface area contributed by atoms with E-state index in [1.54, 1.807) is 12.1 Å². The first-order chi connectivity index (χ1) is 12.4. The van der Waals surface area contributed by atoms with Gasteiger partial charge in [0.15, 0.2) is 0 Å². The van der Waals surface area contributed by atoms with Gasteiger partial charge in [-0.15, -0.1) is 0 Å². The van der Waals surface area contributed by atoms with Gasteiger partial charge in [0.25, 0.3) is 0 Å². The predicted molar refractivity (Wildman–Crippen MR) is 102 cm³/mol. The molecule has 0 saturated carbocycles. The van der Waals surface area contributed by atoms with E-state index in [0.717, 1.165) is 35.4 Å². The Bertz CT molecular complexity index is 881. The van der Waals surface area contributed by atoms with E-state index < -0.39 is 16.1 Å². The molecule has 0 fully saturated rings. The van der Waals surface area contributed by atoms with Gasteiger partial charge in [-0.2, -0.15) is 4.31 Å². The summed E-state index contributed by atoms with van der Waals surface area (Å²) in [4.78, 5) is 13.1. The molecule has 2 aromatic rings. The summed E-state index contributed by atoms with van der Waals surface area (Å²) in [7, 11) is -2.08. The van der Waals surface area contributed by atoms with Crippen molar-refractivity contribution in [3.63, 3.8) is 0 Å². The van der Waals surface area contributed by atoms with E-state index in [-0.39, 0.29) is 11.9 Å². The first-order valence-corrected chi connectivity index (χ1v) is 10.6. The normalized spacial score (nSPS) is 18.2.